The Kier molecular flexibility index (Phi) is 5.61. The number of anilines is 1. The molecule has 2 saturated heterocycles. The van der Waals surface area contributed by atoms with Crippen molar-refractivity contribution < 1.29 is 13.9 Å². The molecule has 6 nitrogen and oxygen atoms in total. The summed E-state index contributed by atoms with van der Waals surface area (Å²) in [5.41, 5.74) is 2.57. The van der Waals surface area contributed by atoms with Crippen LogP contribution in [0, 0.1) is 18.7 Å². The summed E-state index contributed by atoms with van der Waals surface area (Å²) in [6.07, 6.45) is 3.56. The van der Waals surface area contributed by atoms with E-state index in [0.717, 1.165) is 55.3 Å². The molecule has 1 atom stereocenters. The molecule has 3 aliphatic rings. The van der Waals surface area contributed by atoms with Crippen LogP contribution in [-0.4, -0.2) is 60.2 Å². The van der Waals surface area contributed by atoms with Crippen LogP contribution < -0.4 is 4.90 Å². The van der Waals surface area contributed by atoms with E-state index in [0.29, 0.717) is 44.2 Å². The summed E-state index contributed by atoms with van der Waals surface area (Å²) in [5.74, 6) is 2.28. The second kappa shape index (κ2) is 8.54. The fourth-order valence-corrected chi connectivity index (χ4v) is 4.55. The van der Waals surface area contributed by atoms with Gasteiger partial charge in [0.25, 0.3) is 0 Å². The average molecular weight is 425 g/mol. The van der Waals surface area contributed by atoms with Gasteiger partial charge in [-0.15, -0.1) is 0 Å². The van der Waals surface area contributed by atoms with Crippen molar-refractivity contribution in [1.82, 2.24) is 14.9 Å². The number of hydrogen-bond donors (Lipinski definition) is 0. The molecule has 1 amide bonds. The van der Waals surface area contributed by atoms with Crippen molar-refractivity contribution in [3.8, 4) is 0 Å². The normalized spacial score (nSPS) is 21.5. The molecule has 164 valence electrons. The second-order valence-corrected chi connectivity index (χ2v) is 8.88. The summed E-state index contributed by atoms with van der Waals surface area (Å²) < 4.78 is 19.8. The van der Waals surface area contributed by atoms with Crippen molar-refractivity contribution in [2.24, 2.45) is 5.92 Å². The molecule has 0 spiro atoms. The van der Waals surface area contributed by atoms with Gasteiger partial charge in [0.05, 0.1) is 12.5 Å². The van der Waals surface area contributed by atoms with E-state index in [4.69, 9.17) is 14.7 Å². The van der Waals surface area contributed by atoms with Gasteiger partial charge < -0.3 is 14.5 Å². The third-order valence-electron chi connectivity index (χ3n) is 6.65. The SMILES string of the molecule is Cc1nc(C2CC2)nc(N2CCN(C(=O)[C@@H]3CCOC3)CC2)c1Cc1ccccc1F. The summed E-state index contributed by atoms with van der Waals surface area (Å²) in [7, 11) is 0. The Morgan fingerprint density at radius 1 is 1.13 bits per heavy atom. The zero-order valence-electron chi connectivity index (χ0n) is 18.0. The number of hydrogen-bond acceptors (Lipinski definition) is 5. The van der Waals surface area contributed by atoms with Crippen LogP contribution in [-0.2, 0) is 16.0 Å². The standard InChI is InChI=1S/C24H29FN4O2/c1-16-20(14-18-4-2-3-5-21(18)25)23(27-22(26-16)17-6-7-17)28-9-11-29(12-10-28)24(30)19-8-13-31-15-19/h2-5,17,19H,6-15H2,1H3/t19-/m1/s1. The number of aromatic nitrogens is 2. The first kappa shape index (κ1) is 20.4. The maximum atomic E-state index is 14.4. The average Bonchev–Trinajstić information content (AvgIpc) is 3.50. The molecule has 1 aliphatic carbocycles. The van der Waals surface area contributed by atoms with Crippen LogP contribution in [0.1, 0.15) is 47.8 Å². The molecule has 1 aromatic carbocycles. The van der Waals surface area contributed by atoms with Gasteiger partial charge in [-0.05, 0) is 37.8 Å². The monoisotopic (exact) mass is 424 g/mol. The number of piperazine rings is 1. The molecule has 3 heterocycles. The minimum atomic E-state index is -0.201. The number of carbonyl (C=O) groups is 1. The highest BCUT2D eigenvalue weighted by atomic mass is 19.1. The van der Waals surface area contributed by atoms with Crippen LogP contribution in [0.4, 0.5) is 10.2 Å². The third-order valence-corrected chi connectivity index (χ3v) is 6.65. The van der Waals surface area contributed by atoms with Crippen molar-refractivity contribution in [2.45, 2.75) is 38.5 Å². The summed E-state index contributed by atoms with van der Waals surface area (Å²) in [6, 6.07) is 6.91. The lowest BCUT2D eigenvalue weighted by molar-refractivity contribution is -0.135. The van der Waals surface area contributed by atoms with Gasteiger partial charge in [-0.25, -0.2) is 14.4 Å². The highest BCUT2D eigenvalue weighted by molar-refractivity contribution is 5.79. The highest BCUT2D eigenvalue weighted by Crippen LogP contribution is 2.39. The molecule has 0 bridgehead atoms. The molecule has 5 rings (SSSR count). The molecule has 2 aromatic rings. The van der Waals surface area contributed by atoms with Gasteiger partial charge in [-0.2, -0.15) is 0 Å². The number of nitrogens with zero attached hydrogens (tertiary/aromatic N) is 4. The fourth-order valence-electron chi connectivity index (χ4n) is 4.55. The minimum Gasteiger partial charge on any atom is -0.381 e. The van der Waals surface area contributed by atoms with Gasteiger partial charge in [0, 0.05) is 56.4 Å². The maximum Gasteiger partial charge on any atom is 0.228 e. The topological polar surface area (TPSA) is 58.6 Å². The van der Waals surface area contributed by atoms with Gasteiger partial charge in [0.15, 0.2) is 0 Å². The Bertz CT molecular complexity index is 964. The molecule has 0 N–H and O–H groups in total. The van der Waals surface area contributed by atoms with Crippen LogP contribution in [0.25, 0.3) is 0 Å². The van der Waals surface area contributed by atoms with Crippen molar-refractivity contribution >= 4 is 11.7 Å². The zero-order valence-corrected chi connectivity index (χ0v) is 18.0. The lowest BCUT2D eigenvalue weighted by Gasteiger charge is -2.37. The summed E-state index contributed by atoms with van der Waals surface area (Å²) in [6.45, 7) is 6.04. The number of rotatable bonds is 5. The first-order valence-corrected chi connectivity index (χ1v) is 11.3. The Morgan fingerprint density at radius 3 is 2.58 bits per heavy atom. The first-order chi connectivity index (χ1) is 15.1. The van der Waals surface area contributed by atoms with Gasteiger partial charge in [-0.3, -0.25) is 4.79 Å². The van der Waals surface area contributed by atoms with Crippen LogP contribution in [0.2, 0.25) is 0 Å². The molecule has 31 heavy (non-hydrogen) atoms. The Hall–Kier alpha value is -2.54. The first-order valence-electron chi connectivity index (χ1n) is 11.3. The van der Waals surface area contributed by atoms with Crippen LogP contribution in [0.5, 0.6) is 0 Å². The maximum absolute atomic E-state index is 14.4. The predicted molar refractivity (Wildman–Crippen MR) is 116 cm³/mol. The number of halogens is 1. The van der Waals surface area contributed by atoms with Gasteiger partial charge in [-0.1, -0.05) is 18.2 Å². The lowest BCUT2D eigenvalue weighted by Crippen LogP contribution is -2.51. The van der Waals surface area contributed by atoms with E-state index in [-0.39, 0.29) is 17.6 Å². The molecular formula is C24H29FN4O2. The smallest absolute Gasteiger partial charge is 0.228 e. The number of ether oxygens (including phenoxy) is 1. The molecule has 2 aliphatic heterocycles. The Morgan fingerprint density at radius 2 is 1.90 bits per heavy atom. The summed E-state index contributed by atoms with van der Waals surface area (Å²) >= 11 is 0. The molecule has 3 fully saturated rings. The van der Waals surface area contributed by atoms with Crippen LogP contribution in [0.15, 0.2) is 24.3 Å². The molecule has 1 saturated carbocycles. The van der Waals surface area contributed by atoms with Crippen molar-refractivity contribution in [3.63, 3.8) is 0 Å². The van der Waals surface area contributed by atoms with Gasteiger partial charge in [0.1, 0.15) is 17.5 Å². The minimum absolute atomic E-state index is 0.00549. The van der Waals surface area contributed by atoms with E-state index in [1.54, 1.807) is 6.07 Å². The van der Waals surface area contributed by atoms with E-state index in [2.05, 4.69) is 4.90 Å². The molecule has 0 radical (unpaired) electrons. The largest absolute Gasteiger partial charge is 0.381 e. The lowest BCUT2D eigenvalue weighted by atomic mass is 10.0. The van der Waals surface area contributed by atoms with E-state index in [1.807, 2.05) is 24.0 Å². The molecular weight excluding hydrogens is 395 g/mol. The predicted octanol–water partition coefficient (Wildman–Crippen LogP) is 3.08. The van der Waals surface area contributed by atoms with Crippen molar-refractivity contribution in [2.75, 3.05) is 44.3 Å². The van der Waals surface area contributed by atoms with E-state index < -0.39 is 0 Å². The number of carbonyl (C=O) groups excluding carboxylic acids is 1. The second-order valence-electron chi connectivity index (χ2n) is 8.88. The number of aryl methyl sites for hydroxylation is 1. The quantitative estimate of drug-likeness (QED) is 0.738. The highest BCUT2D eigenvalue weighted by Gasteiger charge is 2.33. The fraction of sp³-hybridized carbons (Fsp3) is 0.542. The van der Waals surface area contributed by atoms with Gasteiger partial charge in [0.2, 0.25) is 5.91 Å². The Labute approximate surface area is 182 Å². The van der Waals surface area contributed by atoms with E-state index >= 15 is 0 Å². The van der Waals surface area contributed by atoms with E-state index in [1.165, 1.54) is 6.07 Å². The molecule has 1 aromatic heterocycles. The van der Waals surface area contributed by atoms with Crippen LogP contribution in [0.3, 0.4) is 0 Å². The van der Waals surface area contributed by atoms with Gasteiger partial charge >= 0.3 is 0 Å². The number of benzene rings is 1. The summed E-state index contributed by atoms with van der Waals surface area (Å²) in [5, 5.41) is 0. The van der Waals surface area contributed by atoms with Crippen molar-refractivity contribution in [1.29, 1.82) is 0 Å². The van der Waals surface area contributed by atoms with Crippen LogP contribution >= 0.6 is 0 Å². The Balaban J connectivity index is 1.38. The number of amides is 1. The molecule has 0 unspecified atom stereocenters. The summed E-state index contributed by atoms with van der Waals surface area (Å²) in [4.78, 5) is 26.7. The molecule has 7 heteroatoms. The zero-order chi connectivity index (χ0) is 21.4. The van der Waals surface area contributed by atoms with Crippen molar-refractivity contribution in [3.05, 3.63) is 52.7 Å². The third kappa shape index (κ3) is 4.28. The van der Waals surface area contributed by atoms with E-state index in [9.17, 15) is 9.18 Å².